The van der Waals surface area contributed by atoms with Crippen LogP contribution in [0.3, 0.4) is 0 Å². The predicted molar refractivity (Wildman–Crippen MR) is 71.3 cm³/mol. The van der Waals surface area contributed by atoms with Gasteiger partial charge in [0, 0.05) is 0 Å². The molecule has 0 saturated carbocycles. The van der Waals surface area contributed by atoms with Crippen molar-refractivity contribution in [1.82, 2.24) is 19.5 Å². The van der Waals surface area contributed by atoms with E-state index < -0.39 is 0 Å². The fraction of sp³-hybridized carbons (Fsp3) is 0.615. The van der Waals surface area contributed by atoms with Crippen LogP contribution in [0.4, 0.5) is 0 Å². The zero-order valence-corrected chi connectivity index (χ0v) is 11.4. The molecule has 2 aromatic rings. The summed E-state index contributed by atoms with van der Waals surface area (Å²) in [5.41, 5.74) is 1.35. The van der Waals surface area contributed by atoms with E-state index in [1.807, 2.05) is 11.5 Å². The van der Waals surface area contributed by atoms with E-state index in [0.717, 1.165) is 19.3 Å². The standard InChI is InChI=1S/C13H18N4O3/c1-2-5-19-13-11-12(14-7-15-13)17(8-16-11)10-4-3-9(6-18)20-10/h7-10,18H,2-6H2,1H3/t9-,10+/m0/s1. The van der Waals surface area contributed by atoms with Gasteiger partial charge in [-0.2, -0.15) is 4.98 Å². The first kappa shape index (κ1) is 13.3. The van der Waals surface area contributed by atoms with E-state index in [2.05, 4.69) is 15.0 Å². The molecule has 7 nitrogen and oxygen atoms in total. The van der Waals surface area contributed by atoms with Crippen LogP contribution in [-0.2, 0) is 4.74 Å². The summed E-state index contributed by atoms with van der Waals surface area (Å²) in [4.78, 5) is 12.7. The summed E-state index contributed by atoms with van der Waals surface area (Å²) >= 11 is 0. The average molecular weight is 278 g/mol. The van der Waals surface area contributed by atoms with Gasteiger partial charge in [0.25, 0.3) is 0 Å². The number of hydrogen-bond acceptors (Lipinski definition) is 6. The number of nitrogens with zero attached hydrogens (tertiary/aromatic N) is 4. The number of aliphatic hydroxyl groups excluding tert-OH is 1. The number of aromatic nitrogens is 4. The molecule has 1 aliphatic rings. The third-order valence-electron chi connectivity index (χ3n) is 3.37. The van der Waals surface area contributed by atoms with Crippen LogP contribution in [0.25, 0.3) is 11.2 Å². The van der Waals surface area contributed by atoms with Crippen molar-refractivity contribution in [2.24, 2.45) is 0 Å². The van der Waals surface area contributed by atoms with Gasteiger partial charge >= 0.3 is 0 Å². The molecule has 3 rings (SSSR count). The fourth-order valence-corrected chi connectivity index (χ4v) is 2.37. The van der Waals surface area contributed by atoms with E-state index in [0.29, 0.717) is 23.7 Å². The van der Waals surface area contributed by atoms with Crippen molar-refractivity contribution in [2.45, 2.75) is 38.5 Å². The molecule has 1 aliphatic heterocycles. The SMILES string of the molecule is CCCOc1ncnc2c1ncn2[C@H]1CC[C@@H](CO)O1. The largest absolute Gasteiger partial charge is 0.476 e. The number of imidazole rings is 1. The molecule has 20 heavy (non-hydrogen) atoms. The molecule has 0 amide bonds. The van der Waals surface area contributed by atoms with Gasteiger partial charge in [0.1, 0.15) is 12.6 Å². The van der Waals surface area contributed by atoms with Crippen LogP contribution in [0, 0.1) is 0 Å². The highest BCUT2D eigenvalue weighted by atomic mass is 16.5. The number of fused-ring (bicyclic) bond motifs is 1. The molecule has 108 valence electrons. The summed E-state index contributed by atoms with van der Waals surface area (Å²) in [6, 6.07) is 0. The molecule has 1 N–H and O–H groups in total. The normalized spacial score (nSPS) is 22.5. The lowest BCUT2D eigenvalue weighted by Crippen LogP contribution is -2.14. The molecule has 0 unspecified atom stereocenters. The molecule has 0 radical (unpaired) electrons. The highest BCUT2D eigenvalue weighted by molar-refractivity contribution is 5.75. The highest BCUT2D eigenvalue weighted by Gasteiger charge is 2.27. The summed E-state index contributed by atoms with van der Waals surface area (Å²) in [5.74, 6) is 0.507. The van der Waals surface area contributed by atoms with Crippen LogP contribution in [-0.4, -0.2) is 43.9 Å². The van der Waals surface area contributed by atoms with Crippen LogP contribution in [0.1, 0.15) is 32.4 Å². The molecule has 1 fully saturated rings. The second kappa shape index (κ2) is 5.72. The lowest BCUT2D eigenvalue weighted by atomic mass is 10.2. The van der Waals surface area contributed by atoms with Crippen molar-refractivity contribution >= 4 is 11.2 Å². The van der Waals surface area contributed by atoms with Gasteiger partial charge in [-0.1, -0.05) is 6.92 Å². The van der Waals surface area contributed by atoms with Crippen LogP contribution < -0.4 is 4.74 Å². The minimum Gasteiger partial charge on any atom is -0.476 e. The summed E-state index contributed by atoms with van der Waals surface area (Å²) in [6.45, 7) is 2.69. The van der Waals surface area contributed by atoms with Gasteiger partial charge in [0.2, 0.25) is 5.88 Å². The van der Waals surface area contributed by atoms with Gasteiger partial charge in [-0.05, 0) is 19.3 Å². The Labute approximate surface area is 116 Å². The quantitative estimate of drug-likeness (QED) is 0.887. The average Bonchev–Trinajstić information content (AvgIpc) is 3.10. The smallest absolute Gasteiger partial charge is 0.245 e. The molecular formula is C13H18N4O3. The first-order valence-electron chi connectivity index (χ1n) is 6.90. The Balaban J connectivity index is 1.90. The zero-order chi connectivity index (χ0) is 13.9. The van der Waals surface area contributed by atoms with Crippen LogP contribution in [0.5, 0.6) is 5.88 Å². The van der Waals surface area contributed by atoms with Crippen molar-refractivity contribution in [3.05, 3.63) is 12.7 Å². The first-order valence-corrected chi connectivity index (χ1v) is 6.90. The Kier molecular flexibility index (Phi) is 3.79. The van der Waals surface area contributed by atoms with E-state index in [4.69, 9.17) is 14.6 Å². The molecule has 0 aliphatic carbocycles. The summed E-state index contributed by atoms with van der Waals surface area (Å²) in [5, 5.41) is 9.14. The second-order valence-electron chi connectivity index (χ2n) is 4.82. The third kappa shape index (κ3) is 2.34. The minimum atomic E-state index is -0.133. The fourth-order valence-electron chi connectivity index (χ4n) is 2.37. The lowest BCUT2D eigenvalue weighted by Gasteiger charge is -2.13. The molecule has 0 aromatic carbocycles. The lowest BCUT2D eigenvalue weighted by molar-refractivity contribution is -0.0207. The molecule has 0 bridgehead atoms. The second-order valence-corrected chi connectivity index (χ2v) is 4.82. The van der Waals surface area contributed by atoms with E-state index in [-0.39, 0.29) is 18.9 Å². The molecule has 2 aromatic heterocycles. The molecule has 0 spiro atoms. The molecule has 3 heterocycles. The van der Waals surface area contributed by atoms with Crippen LogP contribution in [0.2, 0.25) is 0 Å². The van der Waals surface area contributed by atoms with Crippen molar-refractivity contribution in [3.63, 3.8) is 0 Å². The van der Waals surface area contributed by atoms with Crippen LogP contribution >= 0.6 is 0 Å². The Morgan fingerprint density at radius 2 is 2.30 bits per heavy atom. The number of aliphatic hydroxyl groups is 1. The summed E-state index contributed by atoms with van der Waals surface area (Å²) in [6.07, 6.45) is 5.53. The van der Waals surface area contributed by atoms with E-state index in [1.54, 1.807) is 6.33 Å². The Morgan fingerprint density at radius 3 is 3.05 bits per heavy atom. The molecule has 7 heteroatoms. The van der Waals surface area contributed by atoms with E-state index in [9.17, 15) is 0 Å². The maximum absolute atomic E-state index is 9.14. The summed E-state index contributed by atoms with van der Waals surface area (Å²) in [7, 11) is 0. The highest BCUT2D eigenvalue weighted by Crippen LogP contribution is 2.31. The number of ether oxygens (including phenoxy) is 2. The van der Waals surface area contributed by atoms with Crippen LogP contribution in [0.15, 0.2) is 12.7 Å². The molecular weight excluding hydrogens is 260 g/mol. The topological polar surface area (TPSA) is 82.3 Å². The first-order chi connectivity index (χ1) is 9.83. The summed E-state index contributed by atoms with van der Waals surface area (Å²) < 4.78 is 13.2. The minimum absolute atomic E-state index is 0.0446. The van der Waals surface area contributed by atoms with Crippen molar-refractivity contribution in [3.8, 4) is 5.88 Å². The van der Waals surface area contributed by atoms with Gasteiger partial charge in [0.05, 0.1) is 25.6 Å². The molecule has 1 saturated heterocycles. The van der Waals surface area contributed by atoms with Gasteiger partial charge in [-0.3, -0.25) is 4.57 Å². The third-order valence-corrected chi connectivity index (χ3v) is 3.37. The van der Waals surface area contributed by atoms with Crippen molar-refractivity contribution < 1.29 is 14.6 Å². The van der Waals surface area contributed by atoms with Gasteiger partial charge in [0.15, 0.2) is 11.2 Å². The maximum atomic E-state index is 9.14. The van der Waals surface area contributed by atoms with Crippen molar-refractivity contribution in [1.29, 1.82) is 0 Å². The Hall–Kier alpha value is -1.73. The number of rotatable bonds is 5. The predicted octanol–water partition coefficient (Wildman–Crippen LogP) is 1.28. The van der Waals surface area contributed by atoms with Gasteiger partial charge in [-0.15, -0.1) is 0 Å². The van der Waals surface area contributed by atoms with Gasteiger partial charge in [-0.25, -0.2) is 9.97 Å². The van der Waals surface area contributed by atoms with Crippen molar-refractivity contribution in [2.75, 3.05) is 13.2 Å². The zero-order valence-electron chi connectivity index (χ0n) is 11.4. The maximum Gasteiger partial charge on any atom is 0.245 e. The molecule has 2 atom stereocenters. The van der Waals surface area contributed by atoms with Gasteiger partial charge < -0.3 is 14.6 Å². The van der Waals surface area contributed by atoms with E-state index in [1.165, 1.54) is 6.33 Å². The monoisotopic (exact) mass is 278 g/mol. The van der Waals surface area contributed by atoms with E-state index >= 15 is 0 Å². The Morgan fingerprint density at radius 1 is 1.40 bits per heavy atom. The number of hydrogen-bond donors (Lipinski definition) is 1. The Bertz CT molecular complexity index is 586.